The van der Waals surface area contributed by atoms with Crippen LogP contribution in [0.15, 0.2) is 28.1 Å². The SMILES string of the molecule is Br.CC1=C(c2cc3c(Cl)c(Cl)ccc3s2)N2CCN=C2S1. The molecular weight excluding hydrogens is 411 g/mol. The highest BCUT2D eigenvalue weighted by atomic mass is 79.9. The average molecular weight is 422 g/mol. The minimum Gasteiger partial charge on any atom is -0.317 e. The normalized spacial score (nSPS) is 17.3. The van der Waals surface area contributed by atoms with Crippen LogP contribution in [0.2, 0.25) is 10.0 Å². The van der Waals surface area contributed by atoms with Gasteiger partial charge in [0.15, 0.2) is 5.17 Å². The molecule has 2 aliphatic rings. The maximum Gasteiger partial charge on any atom is 0.168 e. The number of fused-ring (bicyclic) bond motifs is 2. The summed E-state index contributed by atoms with van der Waals surface area (Å²) in [6.07, 6.45) is 0. The molecule has 1 aromatic heterocycles. The van der Waals surface area contributed by atoms with E-state index in [9.17, 15) is 0 Å². The molecule has 1 aromatic carbocycles. The van der Waals surface area contributed by atoms with Gasteiger partial charge in [-0.05, 0) is 25.1 Å². The monoisotopic (exact) mass is 420 g/mol. The van der Waals surface area contributed by atoms with E-state index >= 15 is 0 Å². The Bertz CT molecular complexity index is 798. The minimum absolute atomic E-state index is 0. The van der Waals surface area contributed by atoms with Gasteiger partial charge in [-0.2, -0.15) is 0 Å². The summed E-state index contributed by atoms with van der Waals surface area (Å²) in [7, 11) is 0. The number of allylic oxidation sites excluding steroid dienone is 1. The van der Waals surface area contributed by atoms with Crippen LogP contribution >= 0.6 is 63.3 Å². The predicted octanol–water partition coefficient (Wildman–Crippen LogP) is 5.89. The van der Waals surface area contributed by atoms with Gasteiger partial charge in [-0.1, -0.05) is 35.0 Å². The van der Waals surface area contributed by atoms with Gasteiger partial charge in [0.1, 0.15) is 0 Å². The van der Waals surface area contributed by atoms with Crippen LogP contribution in [-0.2, 0) is 0 Å². The van der Waals surface area contributed by atoms with E-state index in [0.717, 1.165) is 23.6 Å². The van der Waals surface area contributed by atoms with Gasteiger partial charge in [0.2, 0.25) is 0 Å². The maximum absolute atomic E-state index is 6.31. The Morgan fingerprint density at radius 3 is 2.90 bits per heavy atom. The summed E-state index contributed by atoms with van der Waals surface area (Å²) in [5.74, 6) is 0. The Labute approximate surface area is 151 Å². The lowest BCUT2D eigenvalue weighted by molar-refractivity contribution is 0.649. The molecule has 0 amide bonds. The molecule has 0 fully saturated rings. The average Bonchev–Trinajstić information content (AvgIpc) is 3.07. The van der Waals surface area contributed by atoms with Crippen molar-refractivity contribution in [3.8, 4) is 0 Å². The Morgan fingerprint density at radius 2 is 2.10 bits per heavy atom. The first-order valence-corrected chi connectivity index (χ1v) is 8.62. The Morgan fingerprint density at radius 1 is 1.29 bits per heavy atom. The van der Waals surface area contributed by atoms with Crippen molar-refractivity contribution in [2.75, 3.05) is 13.1 Å². The Kier molecular flexibility index (Phi) is 4.32. The lowest BCUT2D eigenvalue weighted by Crippen LogP contribution is -2.19. The summed E-state index contributed by atoms with van der Waals surface area (Å²) in [6.45, 7) is 4.01. The molecule has 2 nitrogen and oxygen atoms in total. The largest absolute Gasteiger partial charge is 0.317 e. The number of rotatable bonds is 1. The van der Waals surface area contributed by atoms with E-state index in [4.69, 9.17) is 23.2 Å². The molecule has 0 bridgehead atoms. The highest BCUT2D eigenvalue weighted by molar-refractivity contribution is 8.93. The summed E-state index contributed by atoms with van der Waals surface area (Å²) in [6, 6.07) is 6.05. The first-order chi connectivity index (χ1) is 9.65. The molecule has 0 radical (unpaired) electrons. The van der Waals surface area contributed by atoms with Crippen molar-refractivity contribution in [1.82, 2.24) is 4.90 Å². The van der Waals surface area contributed by atoms with Gasteiger partial charge in [-0.3, -0.25) is 4.99 Å². The third-order valence-electron chi connectivity index (χ3n) is 3.47. The molecule has 0 spiro atoms. The number of hydrogen-bond donors (Lipinski definition) is 0. The predicted molar refractivity (Wildman–Crippen MR) is 101 cm³/mol. The van der Waals surface area contributed by atoms with Crippen LogP contribution in [0.5, 0.6) is 0 Å². The lowest BCUT2D eigenvalue weighted by atomic mass is 10.2. The van der Waals surface area contributed by atoms with Crippen molar-refractivity contribution < 1.29 is 0 Å². The van der Waals surface area contributed by atoms with Gasteiger partial charge in [-0.15, -0.1) is 28.3 Å². The standard InChI is InChI=1S/C14H10Cl2N2S2.BrH/c1-7-13(18-5-4-17-14(18)19-7)11-6-8-10(20-11)3-2-9(15)12(8)16;/h2-3,6H,4-5H2,1H3;1H. The van der Waals surface area contributed by atoms with E-state index < -0.39 is 0 Å². The fraction of sp³-hybridized carbons (Fsp3) is 0.214. The molecule has 2 aromatic rings. The molecule has 3 heterocycles. The zero-order chi connectivity index (χ0) is 13.9. The number of amidine groups is 1. The molecule has 0 unspecified atom stereocenters. The van der Waals surface area contributed by atoms with E-state index in [2.05, 4.69) is 22.9 Å². The van der Waals surface area contributed by atoms with Gasteiger partial charge in [0, 0.05) is 21.5 Å². The molecule has 2 aliphatic heterocycles. The molecule has 0 saturated heterocycles. The van der Waals surface area contributed by atoms with Crippen LogP contribution in [0.4, 0.5) is 0 Å². The number of benzene rings is 1. The quantitative estimate of drug-likeness (QED) is 0.570. The van der Waals surface area contributed by atoms with E-state index in [1.807, 2.05) is 12.1 Å². The van der Waals surface area contributed by atoms with Crippen LogP contribution in [0.25, 0.3) is 15.8 Å². The molecule has 4 rings (SSSR count). The second-order valence-corrected chi connectivity index (χ2v) is 7.76. The van der Waals surface area contributed by atoms with Gasteiger partial charge >= 0.3 is 0 Å². The Balaban J connectivity index is 0.00000132. The van der Waals surface area contributed by atoms with E-state index in [-0.39, 0.29) is 17.0 Å². The molecule has 110 valence electrons. The number of nitrogens with zero attached hydrogens (tertiary/aromatic N) is 2. The third-order valence-corrected chi connectivity index (χ3v) is 6.43. The first kappa shape index (κ1) is 15.7. The fourth-order valence-electron chi connectivity index (χ4n) is 2.57. The van der Waals surface area contributed by atoms with E-state index in [1.54, 1.807) is 23.1 Å². The first-order valence-electron chi connectivity index (χ1n) is 6.24. The number of hydrogen-bond acceptors (Lipinski definition) is 4. The molecule has 0 N–H and O–H groups in total. The maximum atomic E-state index is 6.31. The zero-order valence-electron chi connectivity index (χ0n) is 11.0. The second kappa shape index (κ2) is 5.78. The molecule has 0 atom stereocenters. The smallest absolute Gasteiger partial charge is 0.168 e. The number of halogens is 3. The fourth-order valence-corrected chi connectivity index (χ4v) is 5.30. The lowest BCUT2D eigenvalue weighted by Gasteiger charge is -2.15. The van der Waals surface area contributed by atoms with Crippen molar-refractivity contribution in [2.24, 2.45) is 4.99 Å². The highest BCUT2D eigenvalue weighted by Gasteiger charge is 2.31. The summed E-state index contributed by atoms with van der Waals surface area (Å²) < 4.78 is 1.17. The third kappa shape index (κ3) is 2.43. The molecular formula is C14H11BrCl2N2S2. The van der Waals surface area contributed by atoms with Crippen LogP contribution in [0.3, 0.4) is 0 Å². The molecule has 0 saturated carbocycles. The minimum atomic E-state index is 0. The number of thioether (sulfide) groups is 1. The Hall–Kier alpha value is -0.200. The van der Waals surface area contributed by atoms with Crippen LogP contribution in [0.1, 0.15) is 11.8 Å². The topological polar surface area (TPSA) is 15.6 Å². The highest BCUT2D eigenvalue weighted by Crippen LogP contribution is 2.45. The number of thiophene rings is 1. The summed E-state index contributed by atoms with van der Waals surface area (Å²) in [4.78, 5) is 9.38. The van der Waals surface area contributed by atoms with Crippen molar-refractivity contribution in [3.05, 3.63) is 38.0 Å². The van der Waals surface area contributed by atoms with Crippen LogP contribution in [0, 0.1) is 0 Å². The summed E-state index contributed by atoms with van der Waals surface area (Å²) in [5.41, 5.74) is 1.28. The van der Waals surface area contributed by atoms with E-state index in [0.29, 0.717) is 10.0 Å². The van der Waals surface area contributed by atoms with E-state index in [1.165, 1.54) is 20.2 Å². The zero-order valence-corrected chi connectivity index (χ0v) is 15.9. The van der Waals surface area contributed by atoms with Crippen molar-refractivity contribution in [2.45, 2.75) is 6.92 Å². The van der Waals surface area contributed by atoms with Crippen molar-refractivity contribution in [3.63, 3.8) is 0 Å². The molecule has 0 aliphatic carbocycles. The summed E-state index contributed by atoms with van der Waals surface area (Å²) >= 11 is 15.9. The summed E-state index contributed by atoms with van der Waals surface area (Å²) in [5, 5.41) is 3.41. The number of aliphatic imine (C=N–C) groups is 1. The second-order valence-electron chi connectivity index (χ2n) is 4.71. The van der Waals surface area contributed by atoms with Gasteiger partial charge < -0.3 is 4.90 Å². The van der Waals surface area contributed by atoms with Gasteiger partial charge in [0.25, 0.3) is 0 Å². The van der Waals surface area contributed by atoms with Crippen LogP contribution in [-0.4, -0.2) is 23.2 Å². The van der Waals surface area contributed by atoms with Crippen LogP contribution < -0.4 is 0 Å². The molecule has 7 heteroatoms. The van der Waals surface area contributed by atoms with Gasteiger partial charge in [-0.25, -0.2) is 0 Å². The van der Waals surface area contributed by atoms with Crippen molar-refractivity contribution >= 4 is 84.2 Å². The molecule has 21 heavy (non-hydrogen) atoms. The van der Waals surface area contributed by atoms with Crippen molar-refractivity contribution in [1.29, 1.82) is 0 Å². The van der Waals surface area contributed by atoms with Gasteiger partial charge in [0.05, 0.1) is 27.2 Å².